The van der Waals surface area contributed by atoms with E-state index in [4.69, 9.17) is 17.0 Å². The number of carboxylic acids is 1. The van der Waals surface area contributed by atoms with Crippen LogP contribution in [0.2, 0.25) is 0 Å². The number of benzene rings is 1. The molecule has 1 aromatic carbocycles. The topological polar surface area (TPSA) is 79.6 Å². The number of hydrogen-bond donors (Lipinski definition) is 2. The minimum atomic E-state index is -0.945. The summed E-state index contributed by atoms with van der Waals surface area (Å²) >= 11 is 5.81. The van der Waals surface area contributed by atoms with E-state index in [9.17, 15) is 9.90 Å². The van der Waals surface area contributed by atoms with Gasteiger partial charge in [0.05, 0.1) is 35.1 Å². The summed E-state index contributed by atoms with van der Waals surface area (Å²) in [6, 6.07) is 14.9. The number of hydrogen-bond acceptors (Lipinski definition) is 4. The van der Waals surface area contributed by atoms with E-state index in [2.05, 4.69) is 21.3 Å². The van der Waals surface area contributed by atoms with Gasteiger partial charge in [0.15, 0.2) is 5.11 Å². The number of pyridine rings is 1. The van der Waals surface area contributed by atoms with Crippen molar-refractivity contribution in [3.8, 4) is 5.69 Å². The fourth-order valence-electron chi connectivity index (χ4n) is 5.26. The summed E-state index contributed by atoms with van der Waals surface area (Å²) in [6.45, 7) is 5.54. The number of carboxylic acid groups (broad SMARTS) is 1. The molecule has 2 fully saturated rings. The second-order valence-corrected chi connectivity index (χ2v) is 9.28. The lowest BCUT2D eigenvalue weighted by molar-refractivity contribution is 0.0697. The molecular weight excluding hydrogens is 448 g/mol. The SMILES string of the molecule is Cc1cc([C@H]2[C@H](c3ccccn3)NC(=S)N2C[C@@H]2CCCO2)c(C)n1-c1ccccc1C(=O)O. The molecule has 2 aliphatic rings. The van der Waals surface area contributed by atoms with Gasteiger partial charge in [0, 0.05) is 30.7 Å². The molecule has 8 heteroatoms. The maximum atomic E-state index is 11.9. The van der Waals surface area contributed by atoms with Crippen molar-refractivity contribution < 1.29 is 14.6 Å². The highest BCUT2D eigenvalue weighted by Gasteiger charge is 2.42. The van der Waals surface area contributed by atoms with Gasteiger partial charge in [-0.3, -0.25) is 4.98 Å². The first-order valence-electron chi connectivity index (χ1n) is 11.6. The fraction of sp³-hybridized carbons (Fsp3) is 0.346. The molecule has 2 N–H and O–H groups in total. The third-order valence-corrected chi connectivity index (χ3v) is 7.14. The predicted molar refractivity (Wildman–Crippen MR) is 133 cm³/mol. The first-order valence-corrected chi connectivity index (χ1v) is 12.0. The molecule has 34 heavy (non-hydrogen) atoms. The highest BCUT2D eigenvalue weighted by atomic mass is 32.1. The van der Waals surface area contributed by atoms with Gasteiger partial charge in [-0.25, -0.2) is 4.79 Å². The van der Waals surface area contributed by atoms with Gasteiger partial charge in [-0.2, -0.15) is 0 Å². The number of ether oxygens (including phenoxy) is 1. The van der Waals surface area contributed by atoms with Crippen LogP contribution in [-0.4, -0.2) is 49.9 Å². The van der Waals surface area contributed by atoms with Crippen LogP contribution in [0.1, 0.15) is 57.9 Å². The van der Waals surface area contributed by atoms with Gasteiger partial charge in [0.1, 0.15) is 0 Å². The van der Waals surface area contributed by atoms with Crippen LogP contribution in [0, 0.1) is 13.8 Å². The molecule has 7 nitrogen and oxygen atoms in total. The van der Waals surface area contributed by atoms with Crippen LogP contribution in [-0.2, 0) is 4.74 Å². The smallest absolute Gasteiger partial charge is 0.337 e. The summed E-state index contributed by atoms with van der Waals surface area (Å²) in [4.78, 5) is 18.8. The van der Waals surface area contributed by atoms with Crippen LogP contribution in [0.15, 0.2) is 54.7 Å². The van der Waals surface area contributed by atoms with Gasteiger partial charge in [-0.15, -0.1) is 0 Å². The van der Waals surface area contributed by atoms with E-state index in [1.54, 1.807) is 18.3 Å². The van der Waals surface area contributed by atoms with Crippen molar-refractivity contribution in [3.05, 3.63) is 82.9 Å². The van der Waals surface area contributed by atoms with E-state index in [0.717, 1.165) is 42.1 Å². The zero-order valence-corrected chi connectivity index (χ0v) is 20.1. The second-order valence-electron chi connectivity index (χ2n) is 8.90. The molecule has 0 amide bonds. The molecule has 3 aromatic rings. The predicted octanol–water partition coefficient (Wildman–Crippen LogP) is 4.34. The lowest BCUT2D eigenvalue weighted by Crippen LogP contribution is -2.36. The number of aromatic nitrogens is 2. The Labute approximate surface area is 204 Å². The van der Waals surface area contributed by atoms with E-state index in [-0.39, 0.29) is 23.8 Å². The number of nitrogens with zero attached hydrogens (tertiary/aromatic N) is 3. The highest BCUT2D eigenvalue weighted by molar-refractivity contribution is 7.80. The Morgan fingerprint density at radius 3 is 2.74 bits per heavy atom. The van der Waals surface area contributed by atoms with Crippen LogP contribution in [0.25, 0.3) is 5.69 Å². The molecule has 2 aromatic heterocycles. The van der Waals surface area contributed by atoms with E-state index in [1.807, 2.05) is 48.7 Å². The Balaban J connectivity index is 1.62. The number of thiocarbonyl (C=S) groups is 1. The summed E-state index contributed by atoms with van der Waals surface area (Å²) in [6.07, 6.45) is 4.02. The summed E-state index contributed by atoms with van der Waals surface area (Å²) in [5, 5.41) is 14.0. The molecular formula is C26H28N4O3S. The standard InChI is InChI=1S/C26H28N4O3S/c1-16-14-20(17(2)30(16)22-11-4-3-9-19(22)25(31)32)24-23(21-10-5-6-12-27-21)28-26(34)29(24)15-18-8-7-13-33-18/h3-6,9-12,14,18,23-24H,7-8,13,15H2,1-2H3,(H,28,34)(H,31,32)/t18-,23-,24-/m0/s1. The summed E-state index contributed by atoms with van der Waals surface area (Å²) in [7, 11) is 0. The Hall–Kier alpha value is -3.23. The van der Waals surface area contributed by atoms with Crippen molar-refractivity contribution >= 4 is 23.3 Å². The molecule has 0 bridgehead atoms. The number of para-hydroxylation sites is 1. The molecule has 0 unspecified atom stereocenters. The molecule has 0 spiro atoms. The molecule has 0 aliphatic carbocycles. The van der Waals surface area contributed by atoms with Crippen molar-refractivity contribution in [1.29, 1.82) is 0 Å². The molecule has 5 rings (SSSR count). The summed E-state index contributed by atoms with van der Waals surface area (Å²) in [5.74, 6) is -0.945. The Bertz CT molecular complexity index is 1220. The number of nitrogens with one attached hydrogen (secondary N) is 1. The third kappa shape index (κ3) is 3.97. The van der Waals surface area contributed by atoms with E-state index >= 15 is 0 Å². The quantitative estimate of drug-likeness (QED) is 0.513. The Morgan fingerprint density at radius 1 is 1.24 bits per heavy atom. The van der Waals surface area contributed by atoms with Crippen LogP contribution < -0.4 is 5.32 Å². The molecule has 3 atom stereocenters. The van der Waals surface area contributed by atoms with Gasteiger partial charge in [-0.05, 0) is 74.8 Å². The van der Waals surface area contributed by atoms with Crippen molar-refractivity contribution in [1.82, 2.24) is 19.8 Å². The van der Waals surface area contributed by atoms with Gasteiger partial charge in [0.25, 0.3) is 0 Å². The summed E-state index contributed by atoms with van der Waals surface area (Å²) < 4.78 is 7.97. The lowest BCUT2D eigenvalue weighted by Gasteiger charge is -2.30. The minimum absolute atomic E-state index is 0.0939. The van der Waals surface area contributed by atoms with Crippen LogP contribution >= 0.6 is 12.2 Å². The second kappa shape index (κ2) is 9.19. The van der Waals surface area contributed by atoms with Crippen molar-refractivity contribution in [2.45, 2.75) is 44.9 Å². The molecule has 0 radical (unpaired) electrons. The van der Waals surface area contributed by atoms with Crippen LogP contribution in [0.5, 0.6) is 0 Å². The minimum Gasteiger partial charge on any atom is -0.478 e. The zero-order valence-electron chi connectivity index (χ0n) is 19.3. The first-order chi connectivity index (χ1) is 16.5. The van der Waals surface area contributed by atoms with Gasteiger partial charge in [0.2, 0.25) is 0 Å². The zero-order chi connectivity index (χ0) is 23.8. The maximum absolute atomic E-state index is 11.9. The number of carbonyl (C=O) groups is 1. The Kier molecular flexibility index (Phi) is 6.10. The number of aryl methyl sites for hydroxylation is 1. The number of aromatic carboxylic acids is 1. The van der Waals surface area contributed by atoms with Crippen LogP contribution in [0.4, 0.5) is 0 Å². The average molecular weight is 477 g/mol. The van der Waals surface area contributed by atoms with Gasteiger partial charge in [-0.1, -0.05) is 18.2 Å². The molecule has 0 saturated carbocycles. The van der Waals surface area contributed by atoms with Crippen molar-refractivity contribution in [2.24, 2.45) is 0 Å². The highest BCUT2D eigenvalue weighted by Crippen LogP contribution is 2.42. The van der Waals surface area contributed by atoms with Crippen molar-refractivity contribution in [2.75, 3.05) is 13.2 Å². The normalized spacial score (nSPS) is 22.2. The fourth-order valence-corrected chi connectivity index (χ4v) is 5.57. The average Bonchev–Trinajstić information content (AvgIpc) is 3.53. The van der Waals surface area contributed by atoms with Crippen molar-refractivity contribution in [3.63, 3.8) is 0 Å². The van der Waals surface area contributed by atoms with Crippen LogP contribution in [0.3, 0.4) is 0 Å². The van der Waals surface area contributed by atoms with E-state index in [1.165, 1.54) is 0 Å². The van der Waals surface area contributed by atoms with E-state index < -0.39 is 5.97 Å². The molecule has 2 saturated heterocycles. The maximum Gasteiger partial charge on any atom is 0.337 e. The molecule has 2 aliphatic heterocycles. The lowest BCUT2D eigenvalue weighted by atomic mass is 9.96. The van der Waals surface area contributed by atoms with Gasteiger partial charge < -0.3 is 24.6 Å². The first kappa shape index (κ1) is 22.6. The summed E-state index contributed by atoms with van der Waals surface area (Å²) in [5.41, 5.74) is 4.90. The largest absolute Gasteiger partial charge is 0.478 e. The third-order valence-electron chi connectivity index (χ3n) is 6.79. The number of rotatable bonds is 6. The monoisotopic (exact) mass is 476 g/mol. The molecule has 176 valence electrons. The molecule has 4 heterocycles. The Morgan fingerprint density at radius 2 is 2.03 bits per heavy atom. The van der Waals surface area contributed by atoms with E-state index in [0.29, 0.717) is 17.3 Å². The van der Waals surface area contributed by atoms with Gasteiger partial charge >= 0.3 is 5.97 Å².